The van der Waals surface area contributed by atoms with Crippen molar-refractivity contribution < 1.29 is 9.31 Å². The van der Waals surface area contributed by atoms with E-state index in [4.69, 9.17) is 11.5 Å². The molecule has 0 aliphatic heterocycles. The zero-order valence-corrected chi connectivity index (χ0v) is 12.1. The molecule has 0 aliphatic rings. The summed E-state index contributed by atoms with van der Waals surface area (Å²) in [6.07, 6.45) is 0.663. The summed E-state index contributed by atoms with van der Waals surface area (Å²) in [6.45, 7) is 0.947. The number of anilines is 4. The molecule has 122 valence electrons. The van der Waals surface area contributed by atoms with Gasteiger partial charge in [0, 0.05) is 6.54 Å². The first-order chi connectivity index (χ1) is 11.0. The third-order valence-corrected chi connectivity index (χ3v) is 2.88. The minimum absolute atomic E-state index is 0.0432. The molecule has 0 unspecified atom stereocenters. The lowest BCUT2D eigenvalue weighted by Crippen LogP contribution is -2.13. The lowest BCUT2D eigenvalue weighted by molar-refractivity contribution is -0.383. The summed E-state index contributed by atoms with van der Waals surface area (Å²) in [5.41, 5.74) is 10.5. The van der Waals surface area contributed by atoms with Gasteiger partial charge in [0.05, 0.1) is 10.6 Å². The van der Waals surface area contributed by atoms with E-state index in [1.165, 1.54) is 18.2 Å². The molecule has 0 saturated heterocycles. The summed E-state index contributed by atoms with van der Waals surface area (Å²) in [4.78, 5) is 18.3. The first kappa shape index (κ1) is 16.4. The Bertz CT molecular complexity index is 711. The molecular weight excluding hydrogens is 305 g/mol. The van der Waals surface area contributed by atoms with Gasteiger partial charge >= 0.3 is 5.69 Å². The maximum absolute atomic E-state index is 13.7. The number of halogens is 1. The molecule has 10 heteroatoms. The molecule has 9 nitrogen and oxygen atoms in total. The van der Waals surface area contributed by atoms with Gasteiger partial charge in [0.1, 0.15) is 5.82 Å². The minimum atomic E-state index is -0.720. The van der Waals surface area contributed by atoms with Gasteiger partial charge in [0.25, 0.3) is 0 Å². The molecule has 0 atom stereocenters. The van der Waals surface area contributed by atoms with E-state index < -0.39 is 16.4 Å². The lowest BCUT2D eigenvalue weighted by atomic mass is 10.3. The minimum Gasteiger partial charge on any atom is -0.378 e. The summed E-state index contributed by atoms with van der Waals surface area (Å²) >= 11 is 0. The Hall–Kier alpha value is -3.01. The highest BCUT2D eigenvalue weighted by Crippen LogP contribution is 2.31. The number of hydrogen-bond acceptors (Lipinski definition) is 8. The molecule has 1 aromatic heterocycles. The van der Waals surface area contributed by atoms with Crippen molar-refractivity contribution in [2.45, 2.75) is 6.42 Å². The summed E-state index contributed by atoms with van der Waals surface area (Å²) < 4.78 is 13.7. The second kappa shape index (κ2) is 7.31. The summed E-state index contributed by atoms with van der Waals surface area (Å²) in [5, 5.41) is 16.6. The number of nitro groups is 1. The Balaban J connectivity index is 2.37. The molecule has 1 heterocycles. The highest BCUT2D eigenvalue weighted by Gasteiger charge is 2.23. The van der Waals surface area contributed by atoms with E-state index in [2.05, 4.69) is 20.6 Å². The van der Waals surface area contributed by atoms with Crippen molar-refractivity contribution in [3.63, 3.8) is 0 Å². The number of para-hydroxylation sites is 1. The number of aromatic nitrogens is 2. The van der Waals surface area contributed by atoms with E-state index in [-0.39, 0.29) is 23.3 Å². The van der Waals surface area contributed by atoms with Crippen LogP contribution in [0.15, 0.2) is 24.3 Å². The van der Waals surface area contributed by atoms with Gasteiger partial charge in [-0.3, -0.25) is 10.1 Å². The van der Waals surface area contributed by atoms with Crippen molar-refractivity contribution >= 4 is 29.0 Å². The zero-order valence-electron chi connectivity index (χ0n) is 12.1. The first-order valence-electron chi connectivity index (χ1n) is 6.80. The number of rotatable bonds is 7. The van der Waals surface area contributed by atoms with Crippen molar-refractivity contribution in [1.82, 2.24) is 9.97 Å². The quantitative estimate of drug-likeness (QED) is 0.342. The maximum Gasteiger partial charge on any atom is 0.353 e. The van der Waals surface area contributed by atoms with Gasteiger partial charge in [-0.25, -0.2) is 4.39 Å². The monoisotopic (exact) mass is 321 g/mol. The second-order valence-corrected chi connectivity index (χ2v) is 4.56. The zero-order chi connectivity index (χ0) is 16.8. The van der Waals surface area contributed by atoms with E-state index in [1.807, 2.05) is 0 Å². The van der Waals surface area contributed by atoms with E-state index in [0.717, 1.165) is 0 Å². The van der Waals surface area contributed by atoms with Gasteiger partial charge in [-0.2, -0.15) is 9.97 Å². The summed E-state index contributed by atoms with van der Waals surface area (Å²) in [7, 11) is 0. The second-order valence-electron chi connectivity index (χ2n) is 4.56. The number of nitrogens with two attached hydrogens (primary N) is 2. The molecule has 0 bridgehead atoms. The van der Waals surface area contributed by atoms with Gasteiger partial charge in [0.15, 0.2) is 0 Å². The fourth-order valence-corrected chi connectivity index (χ4v) is 1.81. The Labute approximate surface area is 131 Å². The average Bonchev–Trinajstić information content (AvgIpc) is 2.49. The molecule has 1 aromatic carbocycles. The van der Waals surface area contributed by atoms with Crippen LogP contribution in [0, 0.1) is 15.9 Å². The maximum atomic E-state index is 13.7. The molecule has 2 aromatic rings. The Morgan fingerprint density at radius 2 is 2.04 bits per heavy atom. The largest absolute Gasteiger partial charge is 0.378 e. The van der Waals surface area contributed by atoms with Crippen LogP contribution in [0.4, 0.5) is 33.3 Å². The van der Waals surface area contributed by atoms with Crippen molar-refractivity contribution in [2.24, 2.45) is 5.73 Å². The van der Waals surface area contributed by atoms with E-state index in [9.17, 15) is 14.5 Å². The summed E-state index contributed by atoms with van der Waals surface area (Å²) in [5.74, 6) is -0.987. The van der Waals surface area contributed by atoms with Crippen LogP contribution in [0.1, 0.15) is 6.42 Å². The van der Waals surface area contributed by atoms with Crippen molar-refractivity contribution in [3.05, 3.63) is 40.2 Å². The predicted molar refractivity (Wildman–Crippen MR) is 84.9 cm³/mol. The molecule has 0 radical (unpaired) electrons. The van der Waals surface area contributed by atoms with Crippen LogP contribution in [0.2, 0.25) is 0 Å². The fourth-order valence-electron chi connectivity index (χ4n) is 1.81. The first-order valence-corrected chi connectivity index (χ1v) is 6.80. The third kappa shape index (κ3) is 4.01. The van der Waals surface area contributed by atoms with Crippen molar-refractivity contribution in [2.75, 3.05) is 29.5 Å². The van der Waals surface area contributed by atoms with Crippen molar-refractivity contribution in [1.29, 1.82) is 0 Å². The van der Waals surface area contributed by atoms with Gasteiger partial charge < -0.3 is 22.1 Å². The van der Waals surface area contributed by atoms with E-state index >= 15 is 0 Å². The standard InChI is InChI=1S/C13H16FN7O2/c14-8-4-1-2-5-9(8)18-12-10(21(22)23)11(16)19-13(20-12)17-7-3-6-15/h1-2,4-5H,3,6-7,15H2,(H4,16,17,18,19,20). The van der Waals surface area contributed by atoms with Gasteiger partial charge in [-0.15, -0.1) is 0 Å². The van der Waals surface area contributed by atoms with Gasteiger partial charge in [-0.1, -0.05) is 12.1 Å². The summed E-state index contributed by atoms with van der Waals surface area (Å²) in [6, 6.07) is 5.74. The van der Waals surface area contributed by atoms with Crippen LogP contribution in [-0.4, -0.2) is 28.0 Å². The smallest absolute Gasteiger partial charge is 0.353 e. The molecule has 0 amide bonds. The number of hydrogen-bond donors (Lipinski definition) is 4. The molecular formula is C13H16FN7O2. The van der Waals surface area contributed by atoms with Crippen LogP contribution in [0.3, 0.4) is 0 Å². The molecule has 0 fully saturated rings. The SMILES string of the molecule is NCCCNc1nc(N)c([N+](=O)[O-])c(Nc2ccccc2F)n1. The number of nitrogens with one attached hydrogen (secondary N) is 2. The van der Waals surface area contributed by atoms with Crippen LogP contribution in [0.5, 0.6) is 0 Å². The van der Waals surface area contributed by atoms with Crippen LogP contribution < -0.4 is 22.1 Å². The topological polar surface area (TPSA) is 145 Å². The number of benzene rings is 1. The van der Waals surface area contributed by atoms with Crippen LogP contribution in [-0.2, 0) is 0 Å². The van der Waals surface area contributed by atoms with E-state index in [0.29, 0.717) is 19.5 Å². The fraction of sp³-hybridized carbons (Fsp3) is 0.231. The molecule has 2 rings (SSSR count). The average molecular weight is 321 g/mol. The highest BCUT2D eigenvalue weighted by atomic mass is 19.1. The molecule has 23 heavy (non-hydrogen) atoms. The lowest BCUT2D eigenvalue weighted by Gasteiger charge is -2.11. The molecule has 6 N–H and O–H groups in total. The number of nitrogens with zero attached hydrogens (tertiary/aromatic N) is 3. The molecule has 0 aliphatic carbocycles. The van der Waals surface area contributed by atoms with Crippen molar-refractivity contribution in [3.8, 4) is 0 Å². The predicted octanol–water partition coefficient (Wildman–Crippen LogP) is 1.61. The Morgan fingerprint density at radius 3 is 2.70 bits per heavy atom. The molecule has 0 saturated carbocycles. The van der Waals surface area contributed by atoms with E-state index in [1.54, 1.807) is 6.07 Å². The third-order valence-electron chi connectivity index (χ3n) is 2.88. The Kier molecular flexibility index (Phi) is 5.20. The van der Waals surface area contributed by atoms with Crippen LogP contribution >= 0.6 is 0 Å². The Morgan fingerprint density at radius 1 is 1.30 bits per heavy atom. The molecule has 0 spiro atoms. The van der Waals surface area contributed by atoms with Crippen LogP contribution in [0.25, 0.3) is 0 Å². The highest BCUT2D eigenvalue weighted by molar-refractivity contribution is 5.74. The normalized spacial score (nSPS) is 10.3. The number of nitrogen functional groups attached to an aromatic ring is 1. The van der Waals surface area contributed by atoms with Gasteiger partial charge in [-0.05, 0) is 25.1 Å². The van der Waals surface area contributed by atoms with Gasteiger partial charge in [0.2, 0.25) is 17.6 Å².